The zero-order valence-electron chi connectivity index (χ0n) is 14.1. The van der Waals surface area contributed by atoms with E-state index in [-0.39, 0.29) is 24.8 Å². The second-order valence-electron chi connectivity index (χ2n) is 6.41. The summed E-state index contributed by atoms with van der Waals surface area (Å²) in [6, 6.07) is 7.14. The lowest BCUT2D eigenvalue weighted by Gasteiger charge is -2.35. The highest BCUT2D eigenvalue weighted by molar-refractivity contribution is 5.85. The number of hydrogen-bond acceptors (Lipinski definition) is 3. The van der Waals surface area contributed by atoms with Crippen molar-refractivity contribution in [3.05, 3.63) is 29.8 Å². The summed E-state index contributed by atoms with van der Waals surface area (Å²) in [5, 5.41) is 3.20. The van der Waals surface area contributed by atoms with Crippen LogP contribution in [0.15, 0.2) is 24.3 Å². The van der Waals surface area contributed by atoms with Crippen LogP contribution < -0.4 is 10.2 Å². The highest BCUT2D eigenvalue weighted by atomic mass is 35.5. The van der Waals surface area contributed by atoms with E-state index in [2.05, 4.69) is 10.2 Å². The topological polar surface area (TPSA) is 18.5 Å². The molecular formula is C17H26Cl2F3N3. The van der Waals surface area contributed by atoms with Crippen molar-refractivity contribution in [1.29, 1.82) is 0 Å². The molecule has 2 aliphatic rings. The molecule has 0 amide bonds. The summed E-state index contributed by atoms with van der Waals surface area (Å²) in [6.07, 6.45) is -2.54. The van der Waals surface area contributed by atoms with Gasteiger partial charge in [-0.15, -0.1) is 24.8 Å². The first kappa shape index (κ1) is 22.4. The largest absolute Gasteiger partial charge is 0.390 e. The van der Waals surface area contributed by atoms with Gasteiger partial charge in [0.15, 0.2) is 0 Å². The van der Waals surface area contributed by atoms with Gasteiger partial charge >= 0.3 is 6.18 Å². The summed E-state index contributed by atoms with van der Waals surface area (Å²) in [7, 11) is 0. The van der Waals surface area contributed by atoms with Crippen molar-refractivity contribution >= 4 is 30.5 Å². The number of piperazine rings is 1. The maximum absolute atomic E-state index is 13.0. The van der Waals surface area contributed by atoms with Gasteiger partial charge in [0, 0.05) is 51.0 Å². The first-order chi connectivity index (χ1) is 11.0. The van der Waals surface area contributed by atoms with E-state index in [0.29, 0.717) is 13.1 Å². The zero-order chi connectivity index (χ0) is 16.3. The van der Waals surface area contributed by atoms with E-state index in [4.69, 9.17) is 0 Å². The standard InChI is InChI=1S/C17H24F3N3.2ClH/c18-17(19,20)13-16(23-11-7-21-8-12-23)14-3-5-15(6-4-14)22-9-1-2-10-22;;/h3-6,16,21H,1-2,7-13H2;2*1H/t16-;;/m0../s1. The van der Waals surface area contributed by atoms with Gasteiger partial charge in [-0.1, -0.05) is 12.1 Å². The molecule has 144 valence electrons. The second-order valence-corrected chi connectivity index (χ2v) is 6.41. The van der Waals surface area contributed by atoms with Crippen molar-refractivity contribution < 1.29 is 13.2 Å². The van der Waals surface area contributed by atoms with Crippen LogP contribution in [-0.2, 0) is 0 Å². The van der Waals surface area contributed by atoms with Gasteiger partial charge in [0.25, 0.3) is 0 Å². The molecule has 8 heteroatoms. The molecule has 3 nitrogen and oxygen atoms in total. The lowest BCUT2D eigenvalue weighted by Crippen LogP contribution is -2.46. The molecule has 2 fully saturated rings. The molecule has 0 spiro atoms. The normalized spacial score (nSPS) is 19.9. The average molecular weight is 400 g/mol. The van der Waals surface area contributed by atoms with Gasteiger partial charge in [-0.25, -0.2) is 0 Å². The Morgan fingerprint density at radius 3 is 2.00 bits per heavy atom. The number of halogens is 5. The van der Waals surface area contributed by atoms with Crippen LogP contribution >= 0.6 is 24.8 Å². The molecule has 2 heterocycles. The highest BCUT2D eigenvalue weighted by Crippen LogP contribution is 2.35. The first-order valence-electron chi connectivity index (χ1n) is 8.39. The third-order valence-electron chi connectivity index (χ3n) is 4.77. The number of nitrogens with zero attached hydrogens (tertiary/aromatic N) is 2. The van der Waals surface area contributed by atoms with Crippen LogP contribution in [0.2, 0.25) is 0 Å². The summed E-state index contributed by atoms with van der Waals surface area (Å²) < 4.78 is 39.1. The smallest absolute Gasteiger partial charge is 0.372 e. The second kappa shape index (κ2) is 9.86. The van der Waals surface area contributed by atoms with E-state index in [0.717, 1.165) is 37.4 Å². The highest BCUT2D eigenvalue weighted by Gasteiger charge is 2.35. The zero-order valence-corrected chi connectivity index (χ0v) is 15.7. The molecule has 1 N–H and O–H groups in total. The van der Waals surface area contributed by atoms with Gasteiger partial charge < -0.3 is 10.2 Å². The first-order valence-corrected chi connectivity index (χ1v) is 8.39. The molecule has 2 aliphatic heterocycles. The molecule has 0 aromatic heterocycles. The van der Waals surface area contributed by atoms with Crippen LogP contribution in [0.4, 0.5) is 18.9 Å². The maximum Gasteiger partial charge on any atom is 0.390 e. The summed E-state index contributed by atoms with van der Waals surface area (Å²) in [6.45, 7) is 4.91. The Hall–Kier alpha value is -0.690. The third kappa shape index (κ3) is 6.20. The monoisotopic (exact) mass is 399 g/mol. The molecule has 0 aliphatic carbocycles. The summed E-state index contributed by atoms with van der Waals surface area (Å²) in [5.74, 6) is 0. The summed E-state index contributed by atoms with van der Waals surface area (Å²) in [5.41, 5.74) is 1.89. The maximum atomic E-state index is 13.0. The minimum atomic E-state index is -4.15. The molecule has 2 saturated heterocycles. The Labute approximate surface area is 159 Å². The Kier molecular flexibility index (Phi) is 8.81. The molecule has 1 atom stereocenters. The number of nitrogens with one attached hydrogen (secondary N) is 1. The van der Waals surface area contributed by atoms with Crippen molar-refractivity contribution in [2.45, 2.75) is 31.5 Å². The minimum absolute atomic E-state index is 0. The van der Waals surface area contributed by atoms with Gasteiger partial charge in [0.2, 0.25) is 0 Å². The molecule has 0 unspecified atom stereocenters. The Balaban J connectivity index is 0.00000156. The fraction of sp³-hybridized carbons (Fsp3) is 0.647. The summed E-state index contributed by atoms with van der Waals surface area (Å²) >= 11 is 0. The number of anilines is 1. The van der Waals surface area contributed by atoms with Gasteiger partial charge in [0.05, 0.1) is 6.42 Å². The van der Waals surface area contributed by atoms with Gasteiger partial charge in [-0.3, -0.25) is 4.90 Å². The molecule has 3 rings (SSSR count). The predicted octanol–water partition coefficient (Wildman–Crippen LogP) is 4.03. The Morgan fingerprint density at radius 1 is 0.920 bits per heavy atom. The SMILES string of the molecule is Cl.Cl.FC(F)(F)C[C@@H](c1ccc(N2CCCC2)cc1)N1CCNCC1. The molecule has 0 bridgehead atoms. The van der Waals surface area contributed by atoms with E-state index in [9.17, 15) is 13.2 Å². The molecule has 1 aromatic carbocycles. The third-order valence-corrected chi connectivity index (χ3v) is 4.77. The van der Waals surface area contributed by atoms with Gasteiger partial charge in [0.1, 0.15) is 0 Å². The summed E-state index contributed by atoms with van der Waals surface area (Å²) in [4.78, 5) is 4.25. The number of alkyl halides is 3. The quantitative estimate of drug-likeness (QED) is 0.824. The van der Waals surface area contributed by atoms with Crippen LogP contribution in [0.25, 0.3) is 0 Å². The van der Waals surface area contributed by atoms with Crippen LogP contribution in [0.5, 0.6) is 0 Å². The van der Waals surface area contributed by atoms with Crippen molar-refractivity contribution in [2.75, 3.05) is 44.2 Å². The Bertz CT molecular complexity index is 499. The van der Waals surface area contributed by atoms with E-state index >= 15 is 0 Å². The number of rotatable bonds is 4. The fourth-order valence-electron chi connectivity index (χ4n) is 3.55. The molecule has 0 radical (unpaired) electrons. The molecule has 1 aromatic rings. The van der Waals surface area contributed by atoms with Gasteiger partial charge in [-0.2, -0.15) is 13.2 Å². The number of benzene rings is 1. The predicted molar refractivity (Wildman–Crippen MR) is 100 cm³/mol. The van der Waals surface area contributed by atoms with E-state index < -0.39 is 18.6 Å². The van der Waals surface area contributed by atoms with Crippen molar-refractivity contribution in [3.63, 3.8) is 0 Å². The van der Waals surface area contributed by atoms with E-state index in [1.807, 2.05) is 29.2 Å². The van der Waals surface area contributed by atoms with Crippen LogP contribution in [0, 0.1) is 0 Å². The van der Waals surface area contributed by atoms with Crippen molar-refractivity contribution in [3.8, 4) is 0 Å². The minimum Gasteiger partial charge on any atom is -0.372 e. The van der Waals surface area contributed by atoms with Crippen LogP contribution in [0.1, 0.15) is 30.9 Å². The van der Waals surface area contributed by atoms with E-state index in [1.165, 1.54) is 12.8 Å². The Morgan fingerprint density at radius 2 is 1.48 bits per heavy atom. The lowest BCUT2D eigenvalue weighted by molar-refractivity contribution is -0.148. The fourth-order valence-corrected chi connectivity index (χ4v) is 3.55. The van der Waals surface area contributed by atoms with Crippen LogP contribution in [-0.4, -0.2) is 50.3 Å². The van der Waals surface area contributed by atoms with Gasteiger partial charge in [-0.05, 0) is 30.5 Å². The molecule has 25 heavy (non-hydrogen) atoms. The van der Waals surface area contributed by atoms with Crippen molar-refractivity contribution in [2.24, 2.45) is 0 Å². The molecule has 0 saturated carbocycles. The average Bonchev–Trinajstić information content (AvgIpc) is 3.07. The van der Waals surface area contributed by atoms with Crippen LogP contribution in [0.3, 0.4) is 0 Å². The number of hydrogen-bond donors (Lipinski definition) is 1. The molecular weight excluding hydrogens is 374 g/mol. The van der Waals surface area contributed by atoms with E-state index in [1.54, 1.807) is 0 Å². The van der Waals surface area contributed by atoms with Crippen molar-refractivity contribution in [1.82, 2.24) is 10.2 Å². The lowest BCUT2D eigenvalue weighted by atomic mass is 10.0.